The molecule has 0 amide bonds. The third-order valence-electron chi connectivity index (χ3n) is 1.86. The van der Waals surface area contributed by atoms with Crippen LogP contribution in [0.3, 0.4) is 0 Å². The fourth-order valence-corrected chi connectivity index (χ4v) is 1.14. The molecule has 2 N–H and O–H groups in total. The largest absolute Gasteiger partial charge is 0.468 e. The molecule has 0 heterocycles. The van der Waals surface area contributed by atoms with E-state index in [-0.39, 0.29) is 12.4 Å². The summed E-state index contributed by atoms with van der Waals surface area (Å²) in [4.78, 5) is 11.1. The maximum atomic E-state index is 10.8. The molecule has 1 aromatic carbocycles. The molecule has 0 spiro atoms. The van der Waals surface area contributed by atoms with E-state index >= 15 is 0 Å². The summed E-state index contributed by atoms with van der Waals surface area (Å²) in [6.07, 6.45) is 0.0908. The number of carbonyl (C=O) groups is 1. The Balaban J connectivity index is 2.68. The van der Waals surface area contributed by atoms with Gasteiger partial charge in [0.1, 0.15) is 11.4 Å². The molecule has 0 unspecified atom stereocenters. The highest BCUT2D eigenvalue weighted by Crippen LogP contribution is 2.02. The van der Waals surface area contributed by atoms with Gasteiger partial charge >= 0.3 is 5.97 Å². The van der Waals surface area contributed by atoms with E-state index in [0.717, 1.165) is 11.1 Å². The summed E-state index contributed by atoms with van der Waals surface area (Å²) < 4.78 is 4.46. The van der Waals surface area contributed by atoms with Crippen LogP contribution in [-0.4, -0.2) is 18.1 Å². The lowest BCUT2D eigenvalue weighted by Gasteiger charge is -1.96. The van der Waals surface area contributed by atoms with Crippen molar-refractivity contribution in [2.24, 2.45) is 5.73 Å². The van der Waals surface area contributed by atoms with Gasteiger partial charge in [0.15, 0.2) is 0 Å². The fourth-order valence-electron chi connectivity index (χ4n) is 1.01. The van der Waals surface area contributed by atoms with Crippen LogP contribution in [0.15, 0.2) is 24.3 Å². The second kappa shape index (κ2) is 5.89. The van der Waals surface area contributed by atoms with Gasteiger partial charge in [-0.05, 0) is 12.1 Å². The van der Waals surface area contributed by atoms with Crippen molar-refractivity contribution in [3.63, 3.8) is 0 Å². The Hall–Kier alpha value is -1.86. The van der Waals surface area contributed by atoms with Crippen LogP contribution in [0.5, 0.6) is 0 Å². The highest BCUT2D eigenvalue weighted by Gasteiger charge is 1.95. The predicted molar refractivity (Wildman–Crippen MR) is 65.8 cm³/mol. The number of esters is 1. The van der Waals surface area contributed by atoms with Crippen molar-refractivity contribution >= 4 is 23.2 Å². The summed E-state index contributed by atoms with van der Waals surface area (Å²) in [5, 5.41) is 0. The minimum atomic E-state index is -0.341. The number of thiocarbonyl (C=S) groups is 1. The quantitative estimate of drug-likeness (QED) is 0.474. The summed E-state index contributed by atoms with van der Waals surface area (Å²) >= 11 is 4.82. The average Bonchev–Trinajstić information content (AvgIpc) is 2.29. The molecule has 0 saturated carbocycles. The van der Waals surface area contributed by atoms with Crippen LogP contribution in [0.25, 0.3) is 0 Å². The molecule has 3 nitrogen and oxygen atoms in total. The molecule has 0 radical (unpaired) electrons. The third-order valence-corrected chi connectivity index (χ3v) is 2.10. The van der Waals surface area contributed by atoms with Gasteiger partial charge in [-0.15, -0.1) is 0 Å². The number of hydrogen-bond donors (Lipinski definition) is 1. The summed E-state index contributed by atoms with van der Waals surface area (Å²) in [5.41, 5.74) is 7.06. The summed E-state index contributed by atoms with van der Waals surface area (Å²) in [7, 11) is 1.33. The van der Waals surface area contributed by atoms with Crippen LogP contribution in [0, 0.1) is 11.8 Å². The van der Waals surface area contributed by atoms with Gasteiger partial charge in [0, 0.05) is 11.1 Å². The van der Waals surface area contributed by atoms with Crippen LogP contribution in [0.4, 0.5) is 0 Å². The molecular formula is C12H11NO2S. The van der Waals surface area contributed by atoms with E-state index in [1.165, 1.54) is 7.11 Å². The van der Waals surface area contributed by atoms with Gasteiger partial charge in [0.25, 0.3) is 0 Å². The zero-order valence-corrected chi connectivity index (χ0v) is 9.64. The summed E-state index contributed by atoms with van der Waals surface area (Å²) in [5.74, 6) is 5.21. The number of methoxy groups -OCH3 is 1. The van der Waals surface area contributed by atoms with E-state index < -0.39 is 0 Å². The van der Waals surface area contributed by atoms with E-state index in [1.54, 1.807) is 24.3 Å². The van der Waals surface area contributed by atoms with Crippen LogP contribution in [0.2, 0.25) is 0 Å². The highest BCUT2D eigenvalue weighted by atomic mass is 32.1. The van der Waals surface area contributed by atoms with E-state index in [1.807, 2.05) is 0 Å². The lowest BCUT2D eigenvalue weighted by atomic mass is 10.1. The third kappa shape index (κ3) is 3.71. The Morgan fingerprint density at radius 3 is 2.56 bits per heavy atom. The molecular weight excluding hydrogens is 222 g/mol. The predicted octanol–water partition coefficient (Wildman–Crippen LogP) is 1.24. The second-order valence-corrected chi connectivity index (χ2v) is 3.44. The molecule has 0 fully saturated rings. The van der Waals surface area contributed by atoms with Crippen molar-refractivity contribution in [1.82, 2.24) is 0 Å². The van der Waals surface area contributed by atoms with Crippen molar-refractivity contribution in [2.75, 3.05) is 7.11 Å². The number of rotatable bonds is 2. The highest BCUT2D eigenvalue weighted by molar-refractivity contribution is 7.80. The second-order valence-electron chi connectivity index (χ2n) is 3.00. The molecule has 0 bridgehead atoms. The first-order valence-electron chi connectivity index (χ1n) is 4.59. The topological polar surface area (TPSA) is 52.3 Å². The Morgan fingerprint density at radius 1 is 1.44 bits per heavy atom. The molecule has 4 heteroatoms. The van der Waals surface area contributed by atoms with E-state index in [4.69, 9.17) is 18.0 Å². The fraction of sp³-hybridized carbons (Fsp3) is 0.167. The van der Waals surface area contributed by atoms with E-state index in [9.17, 15) is 4.79 Å². The SMILES string of the molecule is COC(=O)CC#Cc1ccc(C(N)=S)cc1. The van der Waals surface area contributed by atoms with E-state index in [0.29, 0.717) is 4.99 Å². The molecule has 0 aliphatic rings. The number of ether oxygens (including phenoxy) is 1. The summed E-state index contributed by atoms with van der Waals surface area (Å²) in [6, 6.07) is 7.20. The smallest absolute Gasteiger partial charge is 0.317 e. The first-order valence-corrected chi connectivity index (χ1v) is 5.00. The minimum Gasteiger partial charge on any atom is -0.468 e. The number of hydrogen-bond acceptors (Lipinski definition) is 3. The standard InChI is InChI=1S/C12H11NO2S/c1-15-11(14)4-2-3-9-5-7-10(8-6-9)12(13)16/h5-8H,4H2,1H3,(H2,13,16). The van der Waals surface area contributed by atoms with Gasteiger partial charge in [0.05, 0.1) is 7.11 Å². The average molecular weight is 233 g/mol. The van der Waals surface area contributed by atoms with Crippen LogP contribution < -0.4 is 5.73 Å². The van der Waals surface area contributed by atoms with Gasteiger partial charge in [-0.3, -0.25) is 4.79 Å². The number of benzene rings is 1. The van der Waals surface area contributed by atoms with Crippen LogP contribution in [-0.2, 0) is 9.53 Å². The van der Waals surface area contributed by atoms with Crippen molar-refractivity contribution in [2.45, 2.75) is 6.42 Å². The Kier molecular flexibility index (Phi) is 4.49. The molecule has 1 aromatic rings. The van der Waals surface area contributed by atoms with Gasteiger partial charge in [-0.2, -0.15) is 0 Å². The van der Waals surface area contributed by atoms with Crippen molar-refractivity contribution in [1.29, 1.82) is 0 Å². The molecule has 1 rings (SSSR count). The van der Waals surface area contributed by atoms with Crippen molar-refractivity contribution in [3.05, 3.63) is 35.4 Å². The van der Waals surface area contributed by atoms with Crippen LogP contribution in [0.1, 0.15) is 17.5 Å². The molecule has 82 valence electrons. The molecule has 0 aliphatic carbocycles. The summed E-state index contributed by atoms with van der Waals surface area (Å²) in [6.45, 7) is 0. The Morgan fingerprint density at radius 2 is 2.06 bits per heavy atom. The minimum absolute atomic E-state index is 0.0908. The Bertz CT molecular complexity index is 454. The lowest BCUT2D eigenvalue weighted by molar-refractivity contribution is -0.139. The molecule has 0 aliphatic heterocycles. The maximum absolute atomic E-state index is 10.8. The normalized spacial score (nSPS) is 8.81. The monoisotopic (exact) mass is 233 g/mol. The van der Waals surface area contributed by atoms with E-state index in [2.05, 4.69) is 16.6 Å². The Labute approximate surface area is 99.6 Å². The first-order chi connectivity index (χ1) is 7.63. The maximum Gasteiger partial charge on any atom is 0.317 e. The zero-order valence-electron chi connectivity index (χ0n) is 8.82. The lowest BCUT2D eigenvalue weighted by Crippen LogP contribution is -2.08. The van der Waals surface area contributed by atoms with Gasteiger partial charge in [-0.1, -0.05) is 36.2 Å². The molecule has 0 saturated heterocycles. The molecule has 0 atom stereocenters. The molecule has 16 heavy (non-hydrogen) atoms. The van der Waals surface area contributed by atoms with Gasteiger partial charge in [0.2, 0.25) is 0 Å². The van der Waals surface area contributed by atoms with Crippen molar-refractivity contribution < 1.29 is 9.53 Å². The number of carbonyl (C=O) groups excluding carboxylic acids is 1. The molecule has 0 aromatic heterocycles. The van der Waals surface area contributed by atoms with Crippen LogP contribution >= 0.6 is 12.2 Å². The number of nitrogens with two attached hydrogens (primary N) is 1. The zero-order chi connectivity index (χ0) is 12.0. The van der Waals surface area contributed by atoms with Gasteiger partial charge in [-0.25, -0.2) is 0 Å². The van der Waals surface area contributed by atoms with Crippen molar-refractivity contribution in [3.8, 4) is 11.8 Å². The van der Waals surface area contributed by atoms with Gasteiger partial charge < -0.3 is 10.5 Å². The first kappa shape index (κ1) is 12.2.